The van der Waals surface area contributed by atoms with Gasteiger partial charge in [-0.25, -0.2) is 22.0 Å². The molecule has 0 unspecified atom stereocenters. The molecule has 0 spiro atoms. The number of rotatable bonds is 4. The molecule has 2 amide bonds. The fourth-order valence-corrected chi connectivity index (χ4v) is 5.77. The molecule has 33 heavy (non-hydrogen) atoms. The van der Waals surface area contributed by atoms with E-state index in [1.54, 1.807) is 20.8 Å². The quantitative estimate of drug-likeness (QED) is 0.705. The topological polar surface area (TPSA) is 96.0 Å². The lowest BCUT2D eigenvalue weighted by Crippen LogP contribution is -2.53. The number of likely N-dealkylation sites (tertiary alicyclic amines) is 1. The zero-order valence-electron chi connectivity index (χ0n) is 19.1. The van der Waals surface area contributed by atoms with Gasteiger partial charge >= 0.3 is 6.09 Å². The maximum absolute atomic E-state index is 14.1. The van der Waals surface area contributed by atoms with Crippen LogP contribution in [-0.4, -0.2) is 67.4 Å². The van der Waals surface area contributed by atoms with Crippen molar-refractivity contribution in [1.82, 2.24) is 14.5 Å². The minimum atomic E-state index is -4.39. The molecule has 0 aromatic heterocycles. The number of piperidine rings is 2. The van der Waals surface area contributed by atoms with Gasteiger partial charge in [0.25, 0.3) is 0 Å². The maximum Gasteiger partial charge on any atom is 0.410 e. The number of benzene rings is 1. The summed E-state index contributed by atoms with van der Waals surface area (Å²) in [5.41, 5.74) is -0.638. The summed E-state index contributed by atoms with van der Waals surface area (Å²) in [6.07, 6.45) is 1.76. The third kappa shape index (κ3) is 6.20. The lowest BCUT2D eigenvalue weighted by Gasteiger charge is -2.36. The van der Waals surface area contributed by atoms with Crippen molar-refractivity contribution in [3.8, 4) is 0 Å². The Balaban J connectivity index is 1.63. The van der Waals surface area contributed by atoms with Crippen molar-refractivity contribution in [3.63, 3.8) is 0 Å². The average Bonchev–Trinajstić information content (AvgIpc) is 2.72. The van der Waals surface area contributed by atoms with Crippen LogP contribution in [0.15, 0.2) is 23.1 Å². The van der Waals surface area contributed by atoms with Crippen LogP contribution in [0.25, 0.3) is 0 Å². The van der Waals surface area contributed by atoms with Gasteiger partial charge in [-0.15, -0.1) is 0 Å². The molecule has 2 atom stereocenters. The van der Waals surface area contributed by atoms with Crippen molar-refractivity contribution >= 4 is 22.0 Å². The van der Waals surface area contributed by atoms with E-state index in [2.05, 4.69) is 5.32 Å². The summed E-state index contributed by atoms with van der Waals surface area (Å²) in [7, 11) is -4.39. The number of hydrogen-bond donors (Lipinski definition) is 1. The Morgan fingerprint density at radius 1 is 1.06 bits per heavy atom. The van der Waals surface area contributed by atoms with Crippen LogP contribution in [0.1, 0.15) is 46.5 Å². The van der Waals surface area contributed by atoms with E-state index in [1.165, 1.54) is 4.90 Å². The van der Waals surface area contributed by atoms with Gasteiger partial charge < -0.3 is 15.0 Å². The van der Waals surface area contributed by atoms with Gasteiger partial charge in [-0.05, 0) is 58.6 Å². The molecular formula is C22H31F2N3O5S. The average molecular weight is 488 g/mol. The van der Waals surface area contributed by atoms with Crippen molar-refractivity contribution in [3.05, 3.63) is 29.8 Å². The summed E-state index contributed by atoms with van der Waals surface area (Å²) in [6, 6.07) is 2.41. The first-order valence-electron chi connectivity index (χ1n) is 11.1. The largest absolute Gasteiger partial charge is 0.444 e. The van der Waals surface area contributed by atoms with Crippen LogP contribution in [0.2, 0.25) is 0 Å². The molecule has 0 aliphatic carbocycles. The first-order chi connectivity index (χ1) is 15.4. The molecule has 0 saturated carbocycles. The summed E-state index contributed by atoms with van der Waals surface area (Å²) >= 11 is 0. The smallest absolute Gasteiger partial charge is 0.410 e. The van der Waals surface area contributed by atoms with E-state index in [1.807, 2.05) is 0 Å². The lowest BCUT2D eigenvalue weighted by molar-refractivity contribution is -0.127. The third-order valence-corrected chi connectivity index (χ3v) is 7.61. The van der Waals surface area contributed by atoms with Gasteiger partial charge in [-0.1, -0.05) is 6.07 Å². The number of ether oxygens (including phenoxy) is 1. The second-order valence-electron chi connectivity index (χ2n) is 9.53. The zero-order valence-corrected chi connectivity index (χ0v) is 20.0. The lowest BCUT2D eigenvalue weighted by atomic mass is 9.96. The van der Waals surface area contributed by atoms with Crippen LogP contribution in [0, 0.1) is 17.6 Å². The Kier molecular flexibility index (Phi) is 7.62. The third-order valence-electron chi connectivity index (χ3n) is 5.69. The van der Waals surface area contributed by atoms with E-state index in [0.717, 1.165) is 22.5 Å². The highest BCUT2D eigenvalue weighted by atomic mass is 32.2. The van der Waals surface area contributed by atoms with Gasteiger partial charge in [-0.3, -0.25) is 4.79 Å². The Labute approximate surface area is 193 Å². The van der Waals surface area contributed by atoms with Crippen LogP contribution >= 0.6 is 0 Å². The van der Waals surface area contributed by atoms with Crippen LogP contribution in [0.4, 0.5) is 13.6 Å². The maximum atomic E-state index is 14.1. The number of nitrogens with one attached hydrogen (secondary N) is 1. The van der Waals surface area contributed by atoms with E-state index >= 15 is 0 Å². The second-order valence-corrected chi connectivity index (χ2v) is 11.4. The van der Waals surface area contributed by atoms with Crippen LogP contribution in [0.3, 0.4) is 0 Å². The number of carbonyl (C=O) groups is 2. The molecular weight excluding hydrogens is 456 g/mol. The molecule has 0 bridgehead atoms. The minimum Gasteiger partial charge on any atom is -0.444 e. The first-order valence-corrected chi connectivity index (χ1v) is 12.5. The molecule has 8 nitrogen and oxygen atoms in total. The molecule has 184 valence electrons. The van der Waals surface area contributed by atoms with E-state index in [9.17, 15) is 26.8 Å². The van der Waals surface area contributed by atoms with Crippen LogP contribution in [0.5, 0.6) is 0 Å². The van der Waals surface area contributed by atoms with Crippen molar-refractivity contribution < 1.29 is 31.5 Å². The highest BCUT2D eigenvalue weighted by Gasteiger charge is 2.36. The highest BCUT2D eigenvalue weighted by Crippen LogP contribution is 2.26. The fourth-order valence-electron chi connectivity index (χ4n) is 4.14. The molecule has 2 fully saturated rings. The monoisotopic (exact) mass is 487 g/mol. The summed E-state index contributed by atoms with van der Waals surface area (Å²) in [6.45, 7) is 6.07. The Hall–Kier alpha value is -2.27. The highest BCUT2D eigenvalue weighted by molar-refractivity contribution is 7.89. The Bertz CT molecular complexity index is 976. The molecule has 2 aliphatic rings. The molecule has 2 saturated heterocycles. The summed E-state index contributed by atoms with van der Waals surface area (Å²) in [4.78, 5) is 25.8. The van der Waals surface area contributed by atoms with Gasteiger partial charge in [0.2, 0.25) is 15.9 Å². The van der Waals surface area contributed by atoms with E-state index in [0.29, 0.717) is 32.2 Å². The Morgan fingerprint density at radius 2 is 1.70 bits per heavy atom. The predicted molar refractivity (Wildman–Crippen MR) is 117 cm³/mol. The van der Waals surface area contributed by atoms with E-state index in [-0.39, 0.29) is 25.5 Å². The van der Waals surface area contributed by atoms with Crippen LogP contribution < -0.4 is 5.32 Å². The summed E-state index contributed by atoms with van der Waals surface area (Å²) < 4.78 is 60.3. The number of amides is 2. The minimum absolute atomic E-state index is 0.0790. The standard InChI is InChI=1S/C22H31F2N3O5S/c1-22(2,3)32-21(29)26-11-5-7-15(13-26)20(28)25-16-8-6-12-27(14-16)33(30,31)19-17(23)9-4-10-18(19)24/h4,9-10,15-16H,5-8,11-14H2,1-3H3,(H,25,28)/t15-,16+/m1/s1. The summed E-state index contributed by atoms with van der Waals surface area (Å²) in [5, 5.41) is 2.87. The molecule has 0 radical (unpaired) electrons. The second kappa shape index (κ2) is 9.92. The molecule has 11 heteroatoms. The van der Waals surface area contributed by atoms with E-state index < -0.39 is 50.2 Å². The van der Waals surface area contributed by atoms with Gasteiger partial charge in [0, 0.05) is 32.2 Å². The zero-order chi connectivity index (χ0) is 24.4. The van der Waals surface area contributed by atoms with Gasteiger partial charge in [0.1, 0.15) is 17.2 Å². The van der Waals surface area contributed by atoms with Gasteiger partial charge in [0.05, 0.1) is 5.92 Å². The first kappa shape index (κ1) is 25.4. The fraction of sp³-hybridized carbons (Fsp3) is 0.636. The number of sulfonamides is 1. The number of halogens is 2. The predicted octanol–water partition coefficient (Wildman–Crippen LogP) is 2.88. The van der Waals surface area contributed by atoms with Gasteiger partial charge in [-0.2, -0.15) is 4.31 Å². The molecule has 1 aromatic carbocycles. The van der Waals surface area contributed by atoms with Gasteiger partial charge in [0.15, 0.2) is 4.90 Å². The normalized spacial score (nSPS) is 22.6. The van der Waals surface area contributed by atoms with Crippen molar-refractivity contribution in [2.45, 2.75) is 63.0 Å². The molecule has 1 N–H and O–H groups in total. The SMILES string of the molecule is CC(C)(C)OC(=O)N1CCC[C@@H](C(=O)N[C@H]2CCCN(S(=O)(=O)c3c(F)cccc3F)C2)C1. The molecule has 1 aromatic rings. The molecule has 2 aliphatic heterocycles. The molecule has 2 heterocycles. The van der Waals surface area contributed by atoms with Crippen LogP contribution in [-0.2, 0) is 19.6 Å². The van der Waals surface area contributed by atoms with E-state index in [4.69, 9.17) is 4.74 Å². The van der Waals surface area contributed by atoms with Crippen molar-refractivity contribution in [1.29, 1.82) is 0 Å². The Morgan fingerprint density at radius 3 is 2.33 bits per heavy atom. The number of carbonyl (C=O) groups excluding carboxylic acids is 2. The van der Waals surface area contributed by atoms with Crippen molar-refractivity contribution in [2.24, 2.45) is 5.92 Å². The summed E-state index contributed by atoms with van der Waals surface area (Å²) in [5.74, 6) is -3.01. The molecule has 3 rings (SSSR count). The van der Waals surface area contributed by atoms with Crippen molar-refractivity contribution in [2.75, 3.05) is 26.2 Å². The number of hydrogen-bond acceptors (Lipinski definition) is 5. The number of nitrogens with zero attached hydrogens (tertiary/aromatic N) is 2.